The highest BCUT2D eigenvalue weighted by molar-refractivity contribution is 5.65. The number of hydrogen-bond acceptors (Lipinski definition) is 3. The Morgan fingerprint density at radius 1 is 0.917 bits per heavy atom. The standard InChI is InChI=1S/C21H28O3/c1-10-6-7-13-11(2)8-14(20-21(4,5)24-20)16-12(3)18-19(23-9-22-18)15(10)17(13)16/h10-11,13-14,20H,6-9H2,1-5H3/t10-,11+,13-,14+,20-/m1/s1. The smallest absolute Gasteiger partial charge is 0.231 e. The number of hydrogen-bond donors (Lipinski definition) is 0. The number of fused-ring (bicyclic) bond motifs is 2. The van der Waals surface area contributed by atoms with Gasteiger partial charge in [0.05, 0.1) is 11.7 Å². The molecule has 0 aromatic heterocycles. The molecule has 0 spiro atoms. The van der Waals surface area contributed by atoms with E-state index in [0.29, 0.717) is 36.6 Å². The first-order valence-corrected chi connectivity index (χ1v) is 9.53. The third kappa shape index (κ3) is 1.82. The summed E-state index contributed by atoms with van der Waals surface area (Å²) in [6, 6.07) is 0. The zero-order chi connectivity index (χ0) is 16.8. The molecule has 3 nitrogen and oxygen atoms in total. The summed E-state index contributed by atoms with van der Waals surface area (Å²) in [5.74, 6) is 4.51. The number of rotatable bonds is 1. The second kappa shape index (κ2) is 4.69. The van der Waals surface area contributed by atoms with Crippen LogP contribution >= 0.6 is 0 Å². The van der Waals surface area contributed by atoms with E-state index in [-0.39, 0.29) is 5.60 Å². The third-order valence-electron chi connectivity index (χ3n) is 7.06. The molecule has 5 rings (SSSR count). The number of ether oxygens (including phenoxy) is 3. The summed E-state index contributed by atoms with van der Waals surface area (Å²) in [5, 5.41) is 0. The van der Waals surface area contributed by atoms with Crippen LogP contribution in [0.5, 0.6) is 11.5 Å². The van der Waals surface area contributed by atoms with Crippen LogP contribution in [0.4, 0.5) is 0 Å². The molecule has 4 aliphatic rings. The second-order valence-electron chi connectivity index (χ2n) is 8.98. The molecule has 0 radical (unpaired) electrons. The molecule has 0 saturated carbocycles. The molecule has 1 saturated heterocycles. The van der Waals surface area contributed by atoms with E-state index in [9.17, 15) is 0 Å². The summed E-state index contributed by atoms with van der Waals surface area (Å²) < 4.78 is 18.0. The van der Waals surface area contributed by atoms with Crippen LogP contribution in [0.3, 0.4) is 0 Å². The Hall–Kier alpha value is -1.22. The van der Waals surface area contributed by atoms with Crippen LogP contribution in [0.2, 0.25) is 0 Å². The summed E-state index contributed by atoms with van der Waals surface area (Å²) in [6.45, 7) is 11.9. The van der Waals surface area contributed by atoms with Gasteiger partial charge in [0.25, 0.3) is 0 Å². The molecule has 0 bridgehead atoms. The lowest BCUT2D eigenvalue weighted by Crippen LogP contribution is -2.31. The van der Waals surface area contributed by atoms with E-state index < -0.39 is 0 Å². The largest absolute Gasteiger partial charge is 0.453 e. The topological polar surface area (TPSA) is 31.0 Å². The molecule has 1 fully saturated rings. The molecule has 24 heavy (non-hydrogen) atoms. The highest BCUT2D eigenvalue weighted by Crippen LogP contribution is 2.61. The summed E-state index contributed by atoms with van der Waals surface area (Å²) >= 11 is 0. The van der Waals surface area contributed by atoms with Gasteiger partial charge in [0.1, 0.15) is 0 Å². The zero-order valence-electron chi connectivity index (χ0n) is 15.4. The van der Waals surface area contributed by atoms with E-state index in [1.54, 1.807) is 11.1 Å². The second-order valence-corrected chi connectivity index (χ2v) is 8.98. The molecule has 0 N–H and O–H groups in total. The predicted molar refractivity (Wildman–Crippen MR) is 93.2 cm³/mol. The van der Waals surface area contributed by atoms with Crippen LogP contribution < -0.4 is 9.47 Å². The monoisotopic (exact) mass is 328 g/mol. The first-order chi connectivity index (χ1) is 11.4. The van der Waals surface area contributed by atoms with Crippen molar-refractivity contribution in [2.75, 3.05) is 6.79 Å². The van der Waals surface area contributed by atoms with Gasteiger partial charge < -0.3 is 14.2 Å². The van der Waals surface area contributed by atoms with Crippen LogP contribution in [-0.2, 0) is 4.74 Å². The average Bonchev–Trinajstić information content (AvgIpc) is 2.95. The molecule has 5 atom stereocenters. The molecule has 3 heteroatoms. The summed E-state index contributed by atoms with van der Waals surface area (Å²) in [4.78, 5) is 0. The van der Waals surface area contributed by atoms with Gasteiger partial charge in [-0.15, -0.1) is 0 Å². The summed E-state index contributed by atoms with van der Waals surface area (Å²) in [7, 11) is 0. The minimum atomic E-state index is 0.0210. The Morgan fingerprint density at radius 3 is 2.33 bits per heavy atom. The number of benzene rings is 1. The van der Waals surface area contributed by atoms with Crippen molar-refractivity contribution in [3.63, 3.8) is 0 Å². The maximum Gasteiger partial charge on any atom is 0.231 e. The van der Waals surface area contributed by atoms with E-state index >= 15 is 0 Å². The van der Waals surface area contributed by atoms with Crippen molar-refractivity contribution in [3.8, 4) is 11.5 Å². The molecule has 0 unspecified atom stereocenters. The van der Waals surface area contributed by atoms with Crippen molar-refractivity contribution in [2.45, 2.75) is 83.3 Å². The fourth-order valence-corrected chi connectivity index (χ4v) is 5.82. The SMILES string of the molecule is Cc1c2c(c3c4c1[C@@H]([C@H]1OC1(C)C)C[C@H](C)[C@H]4CC[C@H]3C)OCO2. The zero-order valence-corrected chi connectivity index (χ0v) is 15.4. The van der Waals surface area contributed by atoms with Crippen molar-refractivity contribution >= 4 is 0 Å². The van der Waals surface area contributed by atoms with Crippen molar-refractivity contribution in [2.24, 2.45) is 5.92 Å². The highest BCUT2D eigenvalue weighted by atomic mass is 16.7. The molecule has 1 aromatic rings. The minimum Gasteiger partial charge on any atom is -0.453 e. The van der Waals surface area contributed by atoms with E-state index in [2.05, 4.69) is 34.6 Å². The molecular weight excluding hydrogens is 300 g/mol. The van der Waals surface area contributed by atoms with Crippen molar-refractivity contribution < 1.29 is 14.2 Å². The molecular formula is C21H28O3. The quantitative estimate of drug-likeness (QED) is 0.679. The van der Waals surface area contributed by atoms with Crippen LogP contribution in [0.15, 0.2) is 0 Å². The van der Waals surface area contributed by atoms with Gasteiger partial charge in [0.15, 0.2) is 11.5 Å². The van der Waals surface area contributed by atoms with E-state index in [1.165, 1.54) is 30.4 Å². The molecule has 0 amide bonds. The van der Waals surface area contributed by atoms with E-state index in [0.717, 1.165) is 11.5 Å². The van der Waals surface area contributed by atoms with Crippen molar-refractivity contribution in [1.29, 1.82) is 0 Å². The summed E-state index contributed by atoms with van der Waals surface area (Å²) in [5.41, 5.74) is 5.93. The van der Waals surface area contributed by atoms with Crippen LogP contribution in [0, 0.1) is 12.8 Å². The van der Waals surface area contributed by atoms with Gasteiger partial charge in [-0.3, -0.25) is 0 Å². The fourth-order valence-electron chi connectivity index (χ4n) is 5.82. The molecule has 130 valence electrons. The van der Waals surface area contributed by atoms with Crippen molar-refractivity contribution in [3.05, 3.63) is 22.3 Å². The average molecular weight is 328 g/mol. The van der Waals surface area contributed by atoms with Crippen LogP contribution in [0.1, 0.15) is 87.0 Å². The summed E-state index contributed by atoms with van der Waals surface area (Å²) in [6.07, 6.45) is 4.15. The lowest BCUT2D eigenvalue weighted by molar-refractivity contribution is 0.172. The maximum absolute atomic E-state index is 6.10. The minimum absolute atomic E-state index is 0.0210. The van der Waals surface area contributed by atoms with Crippen LogP contribution in [-0.4, -0.2) is 18.5 Å². The molecule has 2 heterocycles. The Balaban J connectivity index is 1.77. The Labute approximate surface area is 144 Å². The fraction of sp³-hybridized carbons (Fsp3) is 0.714. The lowest BCUT2D eigenvalue weighted by atomic mass is 9.61. The Kier molecular flexibility index (Phi) is 2.94. The molecule has 2 aliphatic heterocycles. The van der Waals surface area contributed by atoms with Gasteiger partial charge in [0.2, 0.25) is 6.79 Å². The van der Waals surface area contributed by atoms with Crippen molar-refractivity contribution in [1.82, 2.24) is 0 Å². The predicted octanol–water partition coefficient (Wildman–Crippen LogP) is 5.01. The lowest BCUT2D eigenvalue weighted by Gasteiger charge is -2.43. The van der Waals surface area contributed by atoms with Gasteiger partial charge in [-0.05, 0) is 74.5 Å². The van der Waals surface area contributed by atoms with Gasteiger partial charge in [-0.2, -0.15) is 0 Å². The molecule has 2 aliphatic carbocycles. The van der Waals surface area contributed by atoms with Gasteiger partial charge >= 0.3 is 0 Å². The van der Waals surface area contributed by atoms with Gasteiger partial charge in [0, 0.05) is 11.5 Å². The normalized spacial score (nSPS) is 38.0. The highest BCUT2D eigenvalue weighted by Gasteiger charge is 2.56. The van der Waals surface area contributed by atoms with Crippen LogP contribution in [0.25, 0.3) is 0 Å². The first-order valence-electron chi connectivity index (χ1n) is 9.53. The van der Waals surface area contributed by atoms with E-state index in [1.807, 2.05) is 0 Å². The Bertz CT molecular complexity index is 721. The molecule has 1 aromatic carbocycles. The maximum atomic E-state index is 6.10. The number of epoxide rings is 1. The third-order valence-corrected chi connectivity index (χ3v) is 7.06. The van der Waals surface area contributed by atoms with Gasteiger partial charge in [-0.1, -0.05) is 13.8 Å². The first kappa shape index (κ1) is 15.1. The Morgan fingerprint density at radius 2 is 1.62 bits per heavy atom. The van der Waals surface area contributed by atoms with E-state index in [4.69, 9.17) is 14.2 Å². The van der Waals surface area contributed by atoms with Gasteiger partial charge in [-0.25, -0.2) is 0 Å².